The second-order valence-electron chi connectivity index (χ2n) is 4.78. The summed E-state index contributed by atoms with van der Waals surface area (Å²) in [6.45, 7) is 2.48. The zero-order valence-corrected chi connectivity index (χ0v) is 16.1. The topological polar surface area (TPSA) is 102 Å². The van der Waals surface area contributed by atoms with Gasteiger partial charge >= 0.3 is 0 Å². The van der Waals surface area contributed by atoms with Crippen molar-refractivity contribution in [1.82, 2.24) is 4.90 Å². The molecule has 1 aliphatic heterocycles. The molecule has 0 unspecified atom stereocenters. The number of aliphatic imine (C=N–C) groups is 1. The highest BCUT2D eigenvalue weighted by molar-refractivity contribution is 14.0. The lowest BCUT2D eigenvalue weighted by atomic mass is 10.1. The van der Waals surface area contributed by atoms with E-state index in [1.54, 1.807) is 12.1 Å². The Morgan fingerprint density at radius 1 is 1.23 bits per heavy atom. The van der Waals surface area contributed by atoms with Crippen LogP contribution in [0.25, 0.3) is 0 Å². The first kappa shape index (κ1) is 19.5. The molecule has 9 heteroatoms. The number of thioether (sulfide) groups is 1. The zero-order valence-electron chi connectivity index (χ0n) is 12.1. The Balaban J connectivity index is 0.00000242. The Morgan fingerprint density at radius 2 is 1.82 bits per heavy atom. The van der Waals surface area contributed by atoms with Crippen LogP contribution < -0.4 is 10.9 Å². The van der Waals surface area contributed by atoms with Gasteiger partial charge in [-0.05, 0) is 24.1 Å². The van der Waals surface area contributed by atoms with E-state index in [1.165, 1.54) is 12.1 Å². The number of nitrogens with two attached hydrogens (primary N) is 2. The molecule has 0 radical (unpaired) electrons. The fraction of sp³-hybridized carbons (Fsp3) is 0.462. The molecule has 124 valence electrons. The Hall–Kier alpha value is -0.520. The largest absolute Gasteiger partial charge is 0.370 e. The van der Waals surface area contributed by atoms with Crippen molar-refractivity contribution in [3.8, 4) is 0 Å². The smallest absolute Gasteiger partial charge is 0.238 e. The summed E-state index contributed by atoms with van der Waals surface area (Å²) in [7, 11) is -3.62. The highest BCUT2D eigenvalue weighted by Crippen LogP contribution is 2.10. The summed E-state index contributed by atoms with van der Waals surface area (Å²) in [5.41, 5.74) is 6.97. The Labute approximate surface area is 152 Å². The predicted octanol–water partition coefficient (Wildman–Crippen LogP) is 0.858. The summed E-state index contributed by atoms with van der Waals surface area (Å²) in [6.07, 6.45) is 0.716. The highest BCUT2D eigenvalue weighted by atomic mass is 127. The molecule has 0 atom stereocenters. The predicted molar refractivity (Wildman–Crippen MR) is 102 cm³/mol. The van der Waals surface area contributed by atoms with Gasteiger partial charge in [-0.1, -0.05) is 12.1 Å². The summed E-state index contributed by atoms with van der Waals surface area (Å²) in [4.78, 5) is 6.61. The van der Waals surface area contributed by atoms with E-state index in [1.807, 2.05) is 11.8 Å². The fourth-order valence-electron chi connectivity index (χ4n) is 2.04. The molecule has 22 heavy (non-hydrogen) atoms. The third-order valence-electron chi connectivity index (χ3n) is 3.26. The van der Waals surface area contributed by atoms with Crippen LogP contribution in [0, 0.1) is 0 Å². The van der Waals surface area contributed by atoms with Gasteiger partial charge in [-0.15, -0.1) is 24.0 Å². The van der Waals surface area contributed by atoms with E-state index < -0.39 is 10.0 Å². The molecule has 0 saturated carbocycles. The minimum Gasteiger partial charge on any atom is -0.370 e. The molecule has 0 aromatic heterocycles. The van der Waals surface area contributed by atoms with E-state index in [0.29, 0.717) is 18.9 Å². The van der Waals surface area contributed by atoms with Crippen LogP contribution in [0.3, 0.4) is 0 Å². The molecule has 1 aliphatic rings. The summed E-state index contributed by atoms with van der Waals surface area (Å²) in [5.74, 6) is 2.77. The van der Waals surface area contributed by atoms with Crippen LogP contribution in [-0.2, 0) is 16.4 Å². The van der Waals surface area contributed by atoms with Gasteiger partial charge in [-0.2, -0.15) is 11.8 Å². The molecule has 1 aromatic carbocycles. The minimum absolute atomic E-state index is 0. The lowest BCUT2D eigenvalue weighted by Crippen LogP contribution is -2.42. The standard InChI is InChI=1S/C13H20N4O2S2.HI/c14-13(17-7-9-20-10-8-17)16-6-5-11-1-3-12(4-2-11)21(15,18)19;/h1-4H,5-10H2,(H2,14,16)(H2,15,18,19);1H. The number of halogens is 1. The van der Waals surface area contributed by atoms with Gasteiger partial charge in [0, 0.05) is 31.1 Å². The lowest BCUT2D eigenvalue weighted by Gasteiger charge is -2.27. The van der Waals surface area contributed by atoms with Crippen molar-refractivity contribution in [2.24, 2.45) is 15.9 Å². The fourth-order valence-corrected chi connectivity index (χ4v) is 3.46. The lowest BCUT2D eigenvalue weighted by molar-refractivity contribution is 0.456. The third kappa shape index (κ3) is 5.94. The van der Waals surface area contributed by atoms with Crippen molar-refractivity contribution < 1.29 is 8.42 Å². The SMILES string of the molecule is I.NC(=NCCc1ccc(S(N)(=O)=O)cc1)N1CCSCC1. The summed E-state index contributed by atoms with van der Waals surface area (Å²) in [5, 5.41) is 5.06. The van der Waals surface area contributed by atoms with Crippen LogP contribution in [-0.4, -0.2) is 50.4 Å². The summed E-state index contributed by atoms with van der Waals surface area (Å²) in [6, 6.07) is 6.53. The molecule has 1 heterocycles. The molecule has 6 nitrogen and oxygen atoms in total. The van der Waals surface area contributed by atoms with Crippen molar-refractivity contribution >= 4 is 51.7 Å². The van der Waals surface area contributed by atoms with Crippen LogP contribution in [0.15, 0.2) is 34.2 Å². The Kier molecular flexibility index (Phi) is 7.94. The molecule has 4 N–H and O–H groups in total. The molecule has 2 rings (SSSR count). The maximum Gasteiger partial charge on any atom is 0.238 e. The summed E-state index contributed by atoms with van der Waals surface area (Å²) >= 11 is 1.93. The van der Waals surface area contributed by atoms with E-state index in [0.717, 1.165) is 30.2 Å². The van der Waals surface area contributed by atoms with Crippen molar-refractivity contribution in [2.45, 2.75) is 11.3 Å². The molecule has 0 amide bonds. The molecule has 0 bridgehead atoms. The monoisotopic (exact) mass is 456 g/mol. The first-order valence-corrected chi connectivity index (χ1v) is 9.41. The van der Waals surface area contributed by atoms with Crippen LogP contribution in [0.5, 0.6) is 0 Å². The average Bonchev–Trinajstić information content (AvgIpc) is 2.47. The van der Waals surface area contributed by atoms with Gasteiger partial charge in [0.1, 0.15) is 0 Å². The maximum atomic E-state index is 11.2. The number of sulfonamides is 1. The number of hydrogen-bond donors (Lipinski definition) is 2. The van der Waals surface area contributed by atoms with Crippen LogP contribution in [0.4, 0.5) is 0 Å². The molecule has 0 spiro atoms. The van der Waals surface area contributed by atoms with Gasteiger partial charge in [0.05, 0.1) is 4.90 Å². The number of hydrogen-bond acceptors (Lipinski definition) is 4. The summed E-state index contributed by atoms with van der Waals surface area (Å²) < 4.78 is 22.3. The van der Waals surface area contributed by atoms with E-state index in [4.69, 9.17) is 10.9 Å². The first-order chi connectivity index (χ1) is 9.97. The van der Waals surface area contributed by atoms with E-state index in [-0.39, 0.29) is 28.9 Å². The second kappa shape index (κ2) is 8.94. The molecule has 1 aromatic rings. The van der Waals surface area contributed by atoms with E-state index in [2.05, 4.69) is 9.89 Å². The van der Waals surface area contributed by atoms with Gasteiger partial charge in [-0.3, -0.25) is 4.99 Å². The van der Waals surface area contributed by atoms with Gasteiger partial charge < -0.3 is 10.6 Å². The van der Waals surface area contributed by atoms with E-state index in [9.17, 15) is 8.42 Å². The van der Waals surface area contributed by atoms with Gasteiger partial charge in [0.2, 0.25) is 10.0 Å². The molecular weight excluding hydrogens is 435 g/mol. The second-order valence-corrected chi connectivity index (χ2v) is 7.56. The Morgan fingerprint density at radius 3 is 2.36 bits per heavy atom. The molecular formula is C13H21IN4O2S2. The van der Waals surface area contributed by atoms with Gasteiger partial charge in [0.15, 0.2) is 5.96 Å². The van der Waals surface area contributed by atoms with Crippen LogP contribution in [0.1, 0.15) is 5.56 Å². The number of primary sulfonamides is 1. The van der Waals surface area contributed by atoms with Crippen LogP contribution >= 0.6 is 35.7 Å². The minimum atomic E-state index is -3.62. The average molecular weight is 456 g/mol. The zero-order chi connectivity index (χ0) is 15.3. The number of benzene rings is 1. The van der Waals surface area contributed by atoms with Crippen LogP contribution in [0.2, 0.25) is 0 Å². The van der Waals surface area contributed by atoms with Gasteiger partial charge in [0.25, 0.3) is 0 Å². The van der Waals surface area contributed by atoms with Crippen molar-refractivity contribution in [2.75, 3.05) is 31.1 Å². The number of nitrogens with zero attached hydrogens (tertiary/aromatic N) is 2. The highest BCUT2D eigenvalue weighted by Gasteiger charge is 2.11. The van der Waals surface area contributed by atoms with Crippen molar-refractivity contribution in [3.05, 3.63) is 29.8 Å². The Bertz CT molecular complexity index is 599. The van der Waals surface area contributed by atoms with Crippen molar-refractivity contribution in [3.63, 3.8) is 0 Å². The number of rotatable bonds is 4. The molecule has 1 fully saturated rings. The van der Waals surface area contributed by atoms with Gasteiger partial charge in [-0.25, -0.2) is 13.6 Å². The van der Waals surface area contributed by atoms with E-state index >= 15 is 0 Å². The quantitative estimate of drug-likeness (QED) is 0.398. The third-order valence-corrected chi connectivity index (χ3v) is 5.13. The molecule has 1 saturated heterocycles. The van der Waals surface area contributed by atoms with Crippen molar-refractivity contribution in [1.29, 1.82) is 0 Å². The number of guanidine groups is 1. The first-order valence-electron chi connectivity index (χ1n) is 6.71. The maximum absolute atomic E-state index is 11.2. The normalized spacial score (nSPS) is 16.2. The molecule has 0 aliphatic carbocycles.